The number of aromatic nitrogens is 4. The van der Waals surface area contributed by atoms with Crippen molar-refractivity contribution in [2.24, 2.45) is 10.9 Å². The molecule has 0 spiro atoms. The maximum atomic E-state index is 13.4. The molecule has 5 N–H and O–H groups in total. The van der Waals surface area contributed by atoms with E-state index in [9.17, 15) is 31.2 Å². The van der Waals surface area contributed by atoms with E-state index in [4.69, 9.17) is 10.9 Å². The van der Waals surface area contributed by atoms with Crippen LogP contribution in [0.2, 0.25) is 0 Å². The van der Waals surface area contributed by atoms with E-state index in [1.54, 1.807) is 6.07 Å². The number of carbonyl (C=O) groups excluding carboxylic acids is 2. The second-order valence-electron chi connectivity index (χ2n) is 7.53. The van der Waals surface area contributed by atoms with Crippen molar-refractivity contribution < 1.29 is 31.2 Å². The number of benzene rings is 2. The Morgan fingerprint density at radius 1 is 0.973 bits per heavy atom. The van der Waals surface area contributed by atoms with Gasteiger partial charge in [-0.2, -0.15) is 18.3 Å². The number of nitrogens with zero attached hydrogens (tertiary/aromatic N) is 4. The highest BCUT2D eigenvalue weighted by Crippen LogP contribution is 2.30. The lowest BCUT2D eigenvalue weighted by atomic mass is 10.1. The highest BCUT2D eigenvalue weighted by atomic mass is 32.2. The van der Waals surface area contributed by atoms with Crippen LogP contribution in [-0.2, 0) is 16.2 Å². The molecule has 4 aromatic rings. The van der Waals surface area contributed by atoms with E-state index < -0.39 is 39.4 Å². The monoisotopic (exact) mass is 531 g/mol. The Morgan fingerprint density at radius 2 is 1.65 bits per heavy atom. The van der Waals surface area contributed by atoms with E-state index in [2.05, 4.69) is 20.4 Å². The van der Waals surface area contributed by atoms with E-state index in [0.717, 1.165) is 0 Å². The fraction of sp³-hybridized carbons (Fsp3) is 0.0455. The van der Waals surface area contributed by atoms with Crippen molar-refractivity contribution in [3.8, 4) is 16.8 Å². The minimum Gasteiger partial charge on any atom is -0.366 e. The van der Waals surface area contributed by atoms with Crippen molar-refractivity contribution in [2.45, 2.75) is 11.1 Å². The van der Waals surface area contributed by atoms with Crippen molar-refractivity contribution in [3.05, 3.63) is 83.9 Å². The second kappa shape index (κ2) is 9.44. The number of alkyl halides is 3. The first kappa shape index (κ1) is 25.5. The van der Waals surface area contributed by atoms with Crippen LogP contribution in [0.5, 0.6) is 0 Å². The van der Waals surface area contributed by atoms with Gasteiger partial charge in [-0.1, -0.05) is 24.3 Å². The minimum absolute atomic E-state index is 0.00777. The summed E-state index contributed by atoms with van der Waals surface area (Å²) in [5.74, 6) is -2.15. The van der Waals surface area contributed by atoms with Gasteiger partial charge in [-0.15, -0.1) is 0 Å². The van der Waals surface area contributed by atoms with Gasteiger partial charge in [-0.3, -0.25) is 14.9 Å². The predicted octanol–water partition coefficient (Wildman–Crippen LogP) is 2.35. The maximum absolute atomic E-state index is 13.4. The van der Waals surface area contributed by atoms with Gasteiger partial charge < -0.3 is 5.73 Å². The molecule has 0 unspecified atom stereocenters. The Balaban J connectivity index is 1.67. The van der Waals surface area contributed by atoms with Crippen LogP contribution in [0, 0.1) is 0 Å². The molecule has 2 aromatic heterocycles. The van der Waals surface area contributed by atoms with Crippen molar-refractivity contribution in [1.29, 1.82) is 0 Å². The molecular formula is C22H16F3N7O4S. The van der Waals surface area contributed by atoms with Gasteiger partial charge in [0, 0.05) is 35.2 Å². The Bertz CT molecular complexity index is 1620. The van der Waals surface area contributed by atoms with E-state index in [1.807, 2.05) is 0 Å². The fourth-order valence-corrected chi connectivity index (χ4v) is 4.08. The molecule has 4 rings (SSSR count). The summed E-state index contributed by atoms with van der Waals surface area (Å²) in [6.07, 6.45) is -2.45. The van der Waals surface area contributed by atoms with Crippen molar-refractivity contribution >= 4 is 27.8 Å². The summed E-state index contributed by atoms with van der Waals surface area (Å²) in [5.41, 5.74) is 3.81. The van der Waals surface area contributed by atoms with Crippen molar-refractivity contribution in [2.75, 3.05) is 5.32 Å². The zero-order valence-corrected chi connectivity index (χ0v) is 19.3. The molecule has 15 heteroatoms. The van der Waals surface area contributed by atoms with E-state index in [1.165, 1.54) is 54.9 Å². The van der Waals surface area contributed by atoms with Crippen LogP contribution in [0.1, 0.15) is 26.5 Å². The number of rotatable bonds is 6. The van der Waals surface area contributed by atoms with Crippen LogP contribution < -0.4 is 16.2 Å². The zero-order chi connectivity index (χ0) is 27.0. The predicted molar refractivity (Wildman–Crippen MR) is 124 cm³/mol. The number of nitrogens with one attached hydrogen (secondary N) is 1. The normalized spacial score (nSPS) is 11.8. The first-order valence-electron chi connectivity index (χ1n) is 10.2. The Labute approximate surface area is 207 Å². The van der Waals surface area contributed by atoms with Gasteiger partial charge in [-0.25, -0.2) is 28.2 Å². The quantitative estimate of drug-likeness (QED) is 0.342. The van der Waals surface area contributed by atoms with Crippen LogP contribution in [0.3, 0.4) is 0 Å². The van der Waals surface area contributed by atoms with Crippen LogP contribution in [0.4, 0.5) is 19.1 Å². The van der Waals surface area contributed by atoms with Crippen LogP contribution in [0.25, 0.3) is 16.8 Å². The SMILES string of the molecule is NC(=O)c1cccc(-n2nc(C(F)(F)F)cc2C(=O)Nc2ncc(-c3ccccc3S(N)(=O)=O)cn2)c1. The number of primary sulfonamides is 1. The number of primary amides is 1. The molecule has 2 amide bonds. The molecule has 0 saturated heterocycles. The molecule has 37 heavy (non-hydrogen) atoms. The summed E-state index contributed by atoms with van der Waals surface area (Å²) in [6, 6.07) is 11.6. The number of amides is 2. The first-order chi connectivity index (χ1) is 17.3. The summed E-state index contributed by atoms with van der Waals surface area (Å²) in [6.45, 7) is 0. The second-order valence-corrected chi connectivity index (χ2v) is 9.06. The topological polar surface area (TPSA) is 176 Å². The number of nitrogens with two attached hydrogens (primary N) is 2. The first-order valence-corrected chi connectivity index (χ1v) is 11.7. The third kappa shape index (κ3) is 5.46. The highest BCUT2D eigenvalue weighted by Gasteiger charge is 2.36. The lowest BCUT2D eigenvalue weighted by Crippen LogP contribution is -2.19. The average molecular weight is 531 g/mol. The lowest BCUT2D eigenvalue weighted by molar-refractivity contribution is -0.141. The Hall–Kier alpha value is -4.63. The third-order valence-electron chi connectivity index (χ3n) is 4.99. The number of hydrogen-bond acceptors (Lipinski definition) is 7. The number of carbonyl (C=O) groups is 2. The average Bonchev–Trinajstić information content (AvgIpc) is 3.31. The van der Waals surface area contributed by atoms with Gasteiger partial charge in [-0.05, 0) is 24.3 Å². The molecule has 0 bridgehead atoms. The fourth-order valence-electron chi connectivity index (χ4n) is 3.32. The molecule has 0 saturated carbocycles. The number of halogens is 3. The molecule has 11 nitrogen and oxygen atoms in total. The Kier molecular flexibility index (Phi) is 6.49. The molecule has 190 valence electrons. The number of anilines is 1. The highest BCUT2D eigenvalue weighted by molar-refractivity contribution is 7.89. The van der Waals surface area contributed by atoms with Crippen molar-refractivity contribution in [1.82, 2.24) is 19.7 Å². The van der Waals surface area contributed by atoms with Gasteiger partial charge in [0.1, 0.15) is 5.69 Å². The van der Waals surface area contributed by atoms with Gasteiger partial charge in [0.15, 0.2) is 5.69 Å². The van der Waals surface area contributed by atoms with Crippen LogP contribution in [-0.4, -0.2) is 40.0 Å². The number of sulfonamides is 1. The molecule has 0 radical (unpaired) electrons. The lowest BCUT2D eigenvalue weighted by Gasteiger charge is -2.10. The largest absolute Gasteiger partial charge is 0.435 e. The standard InChI is InChI=1S/C22H16F3N7O4S/c23-22(24,25)18-9-16(32(31-18)14-5-3-4-12(8-14)19(26)33)20(34)30-21-28-10-13(11-29-21)15-6-1-2-7-17(15)37(27,35)36/h1-11H,(H2,26,33)(H2,27,35,36)(H,28,29,30,34). The van der Waals surface area contributed by atoms with Gasteiger partial charge in [0.05, 0.1) is 10.6 Å². The molecule has 2 aromatic carbocycles. The third-order valence-corrected chi connectivity index (χ3v) is 5.96. The van der Waals surface area contributed by atoms with E-state index >= 15 is 0 Å². The maximum Gasteiger partial charge on any atom is 0.435 e. The summed E-state index contributed by atoms with van der Waals surface area (Å²) >= 11 is 0. The molecule has 0 aliphatic heterocycles. The van der Waals surface area contributed by atoms with Crippen LogP contribution in [0.15, 0.2) is 71.9 Å². The van der Waals surface area contributed by atoms with E-state index in [0.29, 0.717) is 10.7 Å². The van der Waals surface area contributed by atoms with Gasteiger partial charge in [0.25, 0.3) is 5.91 Å². The molecular weight excluding hydrogens is 515 g/mol. The summed E-state index contributed by atoms with van der Waals surface area (Å²) in [7, 11) is -4.05. The summed E-state index contributed by atoms with van der Waals surface area (Å²) < 4.78 is 64.5. The van der Waals surface area contributed by atoms with Crippen LogP contribution >= 0.6 is 0 Å². The number of hydrogen-bond donors (Lipinski definition) is 3. The molecule has 0 aliphatic carbocycles. The van der Waals surface area contributed by atoms with E-state index in [-0.39, 0.29) is 33.2 Å². The Morgan fingerprint density at radius 3 is 2.27 bits per heavy atom. The summed E-state index contributed by atoms with van der Waals surface area (Å²) in [4.78, 5) is 32.1. The smallest absolute Gasteiger partial charge is 0.366 e. The molecule has 0 aliphatic rings. The van der Waals surface area contributed by atoms with Crippen molar-refractivity contribution in [3.63, 3.8) is 0 Å². The van der Waals surface area contributed by atoms with Gasteiger partial charge >= 0.3 is 6.18 Å². The molecule has 2 heterocycles. The molecule has 0 atom stereocenters. The summed E-state index contributed by atoms with van der Waals surface area (Å²) in [5, 5.41) is 11.0. The zero-order valence-electron chi connectivity index (χ0n) is 18.5. The minimum atomic E-state index is -4.86. The van der Waals surface area contributed by atoms with Gasteiger partial charge in [0.2, 0.25) is 21.9 Å². The molecule has 0 fully saturated rings.